The van der Waals surface area contributed by atoms with Crippen LogP contribution in [-0.4, -0.2) is 29.7 Å². The number of carboxylic acid groups (broad SMARTS) is 1. The van der Waals surface area contributed by atoms with Gasteiger partial charge in [0, 0.05) is 5.92 Å². The fourth-order valence-electron chi connectivity index (χ4n) is 3.82. The smallest absolute Gasteiger partial charge is 0.412 e. The van der Waals surface area contributed by atoms with E-state index in [1.165, 1.54) is 6.92 Å². The van der Waals surface area contributed by atoms with Crippen LogP contribution in [0.5, 0.6) is 0 Å². The van der Waals surface area contributed by atoms with Gasteiger partial charge in [0.05, 0.1) is 10.4 Å². The summed E-state index contributed by atoms with van der Waals surface area (Å²) in [5.41, 5.74) is 9.70. The quantitative estimate of drug-likeness (QED) is 0.569. The molecule has 0 radical (unpaired) electrons. The third-order valence-corrected chi connectivity index (χ3v) is 6.37. The molecule has 152 valence electrons. The van der Waals surface area contributed by atoms with Gasteiger partial charge in [0.25, 0.3) is 5.91 Å². The maximum atomic E-state index is 12.4. The molecule has 8 heteroatoms. The Bertz CT molecular complexity index is 1140. The van der Waals surface area contributed by atoms with Crippen LogP contribution in [0.15, 0.2) is 48.5 Å². The van der Waals surface area contributed by atoms with Crippen molar-refractivity contribution in [1.29, 1.82) is 0 Å². The Morgan fingerprint density at radius 1 is 1.07 bits per heavy atom. The summed E-state index contributed by atoms with van der Waals surface area (Å²) in [6.45, 7) is 1.57. The number of hydrogen-bond acceptors (Lipinski definition) is 5. The Morgan fingerprint density at radius 2 is 1.63 bits per heavy atom. The molecule has 0 aliphatic heterocycles. The summed E-state index contributed by atoms with van der Waals surface area (Å²) in [4.78, 5) is 35.6. The average Bonchev–Trinajstić information content (AvgIpc) is 3.21. The number of carbonyl (C=O) groups is 3. The molecule has 7 nitrogen and oxygen atoms in total. The standard InChI is InChI=1S/C22H18N2O5S/c1-11-17(21(26)27)20(30-18(11)19(23)25)24-22(28)29-10-16-14-8-4-2-6-12(14)13-7-3-5-9-15(13)16/h2-9,16H,10H2,1H3,(H2,23,25)(H,24,28)(H,26,27). The maximum absolute atomic E-state index is 12.4. The van der Waals surface area contributed by atoms with Crippen molar-refractivity contribution in [3.8, 4) is 11.1 Å². The highest BCUT2D eigenvalue weighted by Gasteiger charge is 2.30. The van der Waals surface area contributed by atoms with E-state index >= 15 is 0 Å². The summed E-state index contributed by atoms with van der Waals surface area (Å²) in [5, 5.41) is 11.9. The van der Waals surface area contributed by atoms with Crippen LogP contribution in [-0.2, 0) is 4.74 Å². The number of hydrogen-bond donors (Lipinski definition) is 3. The highest BCUT2D eigenvalue weighted by Crippen LogP contribution is 2.44. The van der Waals surface area contributed by atoms with E-state index in [1.807, 2.05) is 48.5 Å². The van der Waals surface area contributed by atoms with Gasteiger partial charge in [0.15, 0.2) is 0 Å². The fraction of sp³-hybridized carbons (Fsp3) is 0.136. The number of nitrogens with two attached hydrogens (primary N) is 1. The molecular formula is C22H18N2O5S. The Balaban J connectivity index is 1.54. The Hall–Kier alpha value is -3.65. The lowest BCUT2D eigenvalue weighted by atomic mass is 9.98. The van der Waals surface area contributed by atoms with Crippen molar-refractivity contribution in [2.75, 3.05) is 11.9 Å². The molecule has 1 aliphatic rings. The molecule has 0 atom stereocenters. The molecule has 30 heavy (non-hydrogen) atoms. The second kappa shape index (κ2) is 7.64. The molecule has 2 amide bonds. The second-order valence-corrected chi connectivity index (χ2v) is 7.90. The van der Waals surface area contributed by atoms with E-state index in [0.717, 1.165) is 33.6 Å². The lowest BCUT2D eigenvalue weighted by Crippen LogP contribution is -2.18. The molecule has 0 unspecified atom stereocenters. The number of amides is 2. The normalized spacial score (nSPS) is 12.2. The zero-order valence-corrected chi connectivity index (χ0v) is 16.8. The molecular weight excluding hydrogens is 404 g/mol. The number of thiophene rings is 1. The second-order valence-electron chi connectivity index (χ2n) is 6.88. The zero-order valence-electron chi connectivity index (χ0n) is 16.0. The van der Waals surface area contributed by atoms with Crippen LogP contribution in [0, 0.1) is 6.92 Å². The predicted octanol–water partition coefficient (Wildman–Crippen LogP) is 4.21. The first-order valence-electron chi connectivity index (χ1n) is 9.17. The molecule has 0 spiro atoms. The van der Waals surface area contributed by atoms with E-state index in [0.29, 0.717) is 0 Å². The Kier molecular flexibility index (Phi) is 5.01. The summed E-state index contributed by atoms with van der Waals surface area (Å²) in [7, 11) is 0. The Labute approximate surface area is 176 Å². The SMILES string of the molecule is Cc1c(C(N)=O)sc(NC(=O)OCC2c3ccccc3-c3ccccc32)c1C(=O)O. The van der Waals surface area contributed by atoms with Gasteiger partial charge in [0.2, 0.25) is 0 Å². The highest BCUT2D eigenvalue weighted by molar-refractivity contribution is 7.18. The summed E-state index contributed by atoms with van der Waals surface area (Å²) < 4.78 is 5.44. The van der Waals surface area contributed by atoms with Gasteiger partial charge < -0.3 is 15.6 Å². The molecule has 4 rings (SSSR count). The number of carboxylic acids is 1. The van der Waals surface area contributed by atoms with Crippen LogP contribution >= 0.6 is 11.3 Å². The molecule has 0 bridgehead atoms. The van der Waals surface area contributed by atoms with Crippen molar-refractivity contribution < 1.29 is 24.2 Å². The molecule has 1 aromatic heterocycles. The number of primary amides is 1. The summed E-state index contributed by atoms with van der Waals surface area (Å²) in [6.07, 6.45) is -0.795. The number of aromatic carboxylic acids is 1. The van der Waals surface area contributed by atoms with E-state index in [1.54, 1.807) is 0 Å². The number of nitrogens with one attached hydrogen (secondary N) is 1. The number of rotatable bonds is 5. The van der Waals surface area contributed by atoms with Gasteiger partial charge in [-0.05, 0) is 34.7 Å². The molecule has 1 heterocycles. The number of carbonyl (C=O) groups excluding carboxylic acids is 2. The number of fused-ring (bicyclic) bond motifs is 3. The molecule has 1 aliphatic carbocycles. The summed E-state index contributed by atoms with van der Waals surface area (Å²) >= 11 is 0.819. The monoisotopic (exact) mass is 422 g/mol. The van der Waals surface area contributed by atoms with Crippen LogP contribution in [0.4, 0.5) is 9.80 Å². The summed E-state index contributed by atoms with van der Waals surface area (Å²) in [6, 6.07) is 15.9. The average molecular weight is 422 g/mol. The van der Waals surface area contributed by atoms with E-state index < -0.39 is 18.0 Å². The van der Waals surface area contributed by atoms with Crippen molar-refractivity contribution in [2.45, 2.75) is 12.8 Å². The first-order valence-corrected chi connectivity index (χ1v) is 9.98. The van der Waals surface area contributed by atoms with Gasteiger partial charge in [-0.15, -0.1) is 11.3 Å². The topological polar surface area (TPSA) is 119 Å². The highest BCUT2D eigenvalue weighted by atomic mass is 32.1. The number of benzene rings is 2. The minimum Gasteiger partial charge on any atom is -0.478 e. The third kappa shape index (κ3) is 3.31. The molecule has 4 N–H and O–H groups in total. The van der Waals surface area contributed by atoms with E-state index in [2.05, 4.69) is 5.32 Å². The lowest BCUT2D eigenvalue weighted by molar-refractivity contribution is 0.0697. The van der Waals surface area contributed by atoms with Gasteiger partial charge in [0.1, 0.15) is 11.6 Å². The Morgan fingerprint density at radius 3 is 2.17 bits per heavy atom. The van der Waals surface area contributed by atoms with Gasteiger partial charge in [-0.25, -0.2) is 9.59 Å². The maximum Gasteiger partial charge on any atom is 0.412 e. The first-order chi connectivity index (χ1) is 14.4. The van der Waals surface area contributed by atoms with Crippen LogP contribution < -0.4 is 11.1 Å². The van der Waals surface area contributed by atoms with Crippen molar-refractivity contribution in [3.05, 3.63) is 75.7 Å². The summed E-state index contributed by atoms with van der Waals surface area (Å²) in [5.74, 6) is -2.13. The lowest BCUT2D eigenvalue weighted by Gasteiger charge is -2.14. The molecule has 0 fully saturated rings. The van der Waals surface area contributed by atoms with Crippen molar-refractivity contribution in [3.63, 3.8) is 0 Å². The number of anilines is 1. The van der Waals surface area contributed by atoms with E-state index in [9.17, 15) is 19.5 Å². The van der Waals surface area contributed by atoms with Crippen LogP contribution in [0.3, 0.4) is 0 Å². The predicted molar refractivity (Wildman–Crippen MR) is 113 cm³/mol. The van der Waals surface area contributed by atoms with Crippen molar-refractivity contribution >= 4 is 34.3 Å². The zero-order chi connectivity index (χ0) is 21.4. The van der Waals surface area contributed by atoms with Crippen molar-refractivity contribution in [1.82, 2.24) is 0 Å². The van der Waals surface area contributed by atoms with Gasteiger partial charge in [-0.2, -0.15) is 0 Å². The van der Waals surface area contributed by atoms with Gasteiger partial charge in [-0.3, -0.25) is 10.1 Å². The van der Waals surface area contributed by atoms with Crippen LogP contribution in [0.2, 0.25) is 0 Å². The first kappa shape index (κ1) is 19.7. The van der Waals surface area contributed by atoms with Crippen LogP contribution in [0.25, 0.3) is 11.1 Å². The minimum absolute atomic E-state index is 0.0195. The fourth-order valence-corrected chi connectivity index (χ4v) is 4.86. The van der Waals surface area contributed by atoms with E-state index in [4.69, 9.17) is 10.5 Å². The third-order valence-electron chi connectivity index (χ3n) is 5.14. The van der Waals surface area contributed by atoms with Crippen LogP contribution in [0.1, 0.15) is 42.6 Å². The molecule has 0 saturated carbocycles. The van der Waals surface area contributed by atoms with Crippen molar-refractivity contribution in [2.24, 2.45) is 5.73 Å². The molecule has 2 aromatic carbocycles. The minimum atomic E-state index is -1.26. The molecule has 3 aromatic rings. The molecule has 0 saturated heterocycles. The van der Waals surface area contributed by atoms with Gasteiger partial charge >= 0.3 is 12.1 Å². The number of ether oxygens (including phenoxy) is 1. The van der Waals surface area contributed by atoms with Gasteiger partial charge in [-0.1, -0.05) is 48.5 Å². The van der Waals surface area contributed by atoms with E-state index in [-0.39, 0.29) is 33.5 Å². The largest absolute Gasteiger partial charge is 0.478 e.